The summed E-state index contributed by atoms with van der Waals surface area (Å²) >= 11 is 0. The van der Waals surface area contributed by atoms with E-state index >= 15 is 0 Å². The summed E-state index contributed by atoms with van der Waals surface area (Å²) in [6.45, 7) is 2.83. The molecule has 0 saturated carbocycles. The Morgan fingerprint density at radius 2 is 1.96 bits per heavy atom. The standard InChI is InChI=1S/C18H19N3O5/c1-2-25-17(23)13-6-3-7-14(12-13)19-18(24)21-10-5-9-20(21)16(22)15-8-4-11-26-15/h3-4,6-8,11-12H,2,5,9-10H2,1H3,(H,19,24). The molecule has 26 heavy (non-hydrogen) atoms. The van der Waals surface area contributed by atoms with Crippen molar-refractivity contribution < 1.29 is 23.5 Å². The van der Waals surface area contributed by atoms with Gasteiger partial charge in [0.15, 0.2) is 5.76 Å². The number of carbonyl (C=O) groups is 3. The number of hydrogen-bond donors (Lipinski definition) is 1. The molecule has 0 radical (unpaired) electrons. The Labute approximate surface area is 150 Å². The molecule has 0 spiro atoms. The first-order valence-corrected chi connectivity index (χ1v) is 8.31. The number of furan rings is 1. The second-order valence-corrected chi connectivity index (χ2v) is 5.61. The molecule has 0 atom stereocenters. The molecule has 2 aromatic rings. The number of anilines is 1. The molecule has 8 nitrogen and oxygen atoms in total. The Bertz CT molecular complexity index is 803. The Kier molecular flexibility index (Phi) is 5.21. The monoisotopic (exact) mass is 357 g/mol. The SMILES string of the molecule is CCOC(=O)c1cccc(NC(=O)N2CCCN2C(=O)c2ccco2)c1. The van der Waals surface area contributed by atoms with Gasteiger partial charge in [-0.3, -0.25) is 4.79 Å². The van der Waals surface area contributed by atoms with Crippen molar-refractivity contribution in [2.45, 2.75) is 13.3 Å². The molecule has 1 fully saturated rings. The van der Waals surface area contributed by atoms with Crippen LogP contribution >= 0.6 is 0 Å². The van der Waals surface area contributed by atoms with E-state index in [9.17, 15) is 14.4 Å². The zero-order chi connectivity index (χ0) is 18.5. The largest absolute Gasteiger partial charge is 0.462 e. The van der Waals surface area contributed by atoms with Gasteiger partial charge in [0.2, 0.25) is 0 Å². The summed E-state index contributed by atoms with van der Waals surface area (Å²) in [4.78, 5) is 36.8. The molecule has 1 aromatic heterocycles. The van der Waals surface area contributed by atoms with E-state index in [1.807, 2.05) is 0 Å². The van der Waals surface area contributed by atoms with E-state index in [1.165, 1.54) is 22.3 Å². The lowest BCUT2D eigenvalue weighted by Gasteiger charge is -2.27. The van der Waals surface area contributed by atoms with Gasteiger partial charge < -0.3 is 14.5 Å². The van der Waals surface area contributed by atoms with E-state index in [1.54, 1.807) is 37.3 Å². The van der Waals surface area contributed by atoms with Crippen molar-refractivity contribution in [3.05, 3.63) is 54.0 Å². The highest BCUT2D eigenvalue weighted by molar-refractivity contribution is 5.97. The summed E-state index contributed by atoms with van der Waals surface area (Å²) in [6.07, 6.45) is 2.08. The highest BCUT2D eigenvalue weighted by Crippen LogP contribution is 2.18. The van der Waals surface area contributed by atoms with Crippen LogP contribution in [0.5, 0.6) is 0 Å². The number of ether oxygens (including phenoxy) is 1. The van der Waals surface area contributed by atoms with Gasteiger partial charge in [-0.15, -0.1) is 0 Å². The number of urea groups is 1. The van der Waals surface area contributed by atoms with Crippen LogP contribution < -0.4 is 5.32 Å². The maximum atomic E-state index is 12.6. The summed E-state index contributed by atoms with van der Waals surface area (Å²) in [5.41, 5.74) is 0.785. The molecule has 0 aliphatic carbocycles. The summed E-state index contributed by atoms with van der Waals surface area (Å²) in [6, 6.07) is 9.17. The summed E-state index contributed by atoms with van der Waals surface area (Å²) < 4.78 is 10.1. The maximum absolute atomic E-state index is 12.6. The van der Waals surface area contributed by atoms with Gasteiger partial charge in [0.05, 0.1) is 18.4 Å². The van der Waals surface area contributed by atoms with Gasteiger partial charge in [-0.05, 0) is 43.7 Å². The molecule has 0 unspecified atom stereocenters. The summed E-state index contributed by atoms with van der Waals surface area (Å²) in [5.74, 6) is -0.656. The van der Waals surface area contributed by atoms with Gasteiger partial charge in [0, 0.05) is 18.8 Å². The normalized spacial score (nSPS) is 13.6. The third-order valence-electron chi connectivity index (χ3n) is 3.86. The molecular weight excluding hydrogens is 338 g/mol. The Morgan fingerprint density at radius 3 is 2.69 bits per heavy atom. The van der Waals surface area contributed by atoms with Crippen LogP contribution in [0.1, 0.15) is 34.3 Å². The fourth-order valence-corrected chi connectivity index (χ4v) is 2.69. The Hall–Kier alpha value is -3.29. The van der Waals surface area contributed by atoms with Gasteiger partial charge >= 0.3 is 17.9 Å². The van der Waals surface area contributed by atoms with Crippen LogP contribution in [0.3, 0.4) is 0 Å². The first kappa shape index (κ1) is 17.5. The first-order valence-electron chi connectivity index (χ1n) is 8.31. The number of rotatable bonds is 4. The van der Waals surface area contributed by atoms with Gasteiger partial charge in [-0.25, -0.2) is 19.6 Å². The Morgan fingerprint density at radius 1 is 1.15 bits per heavy atom. The number of nitrogens with zero attached hydrogens (tertiary/aromatic N) is 2. The molecule has 1 aliphatic heterocycles. The van der Waals surface area contributed by atoms with Crippen molar-refractivity contribution in [1.82, 2.24) is 10.0 Å². The molecule has 2 heterocycles. The van der Waals surface area contributed by atoms with Crippen molar-refractivity contribution in [2.75, 3.05) is 25.0 Å². The number of nitrogens with one attached hydrogen (secondary N) is 1. The molecular formula is C18H19N3O5. The van der Waals surface area contributed by atoms with Crippen LogP contribution in [-0.2, 0) is 4.74 Å². The van der Waals surface area contributed by atoms with E-state index in [4.69, 9.17) is 9.15 Å². The fraction of sp³-hybridized carbons (Fsp3) is 0.278. The maximum Gasteiger partial charge on any atom is 0.340 e. The predicted molar refractivity (Wildman–Crippen MR) is 92.5 cm³/mol. The second-order valence-electron chi connectivity index (χ2n) is 5.61. The van der Waals surface area contributed by atoms with Crippen LogP contribution in [0, 0.1) is 0 Å². The number of amides is 3. The van der Waals surface area contributed by atoms with Crippen molar-refractivity contribution in [3.63, 3.8) is 0 Å². The van der Waals surface area contributed by atoms with E-state index in [2.05, 4.69) is 5.32 Å². The lowest BCUT2D eigenvalue weighted by atomic mass is 10.2. The average Bonchev–Trinajstić information content (AvgIpc) is 3.33. The molecule has 1 aromatic carbocycles. The minimum absolute atomic E-state index is 0.175. The molecule has 3 amide bonds. The zero-order valence-electron chi connectivity index (χ0n) is 14.3. The predicted octanol–water partition coefficient (Wildman–Crippen LogP) is 2.75. The highest BCUT2D eigenvalue weighted by Gasteiger charge is 2.32. The third kappa shape index (κ3) is 3.69. The minimum atomic E-state index is -0.459. The van der Waals surface area contributed by atoms with Gasteiger partial charge in [-0.2, -0.15) is 0 Å². The van der Waals surface area contributed by atoms with Gasteiger partial charge in [-0.1, -0.05) is 6.07 Å². The van der Waals surface area contributed by atoms with E-state index in [-0.39, 0.29) is 18.3 Å². The Balaban J connectivity index is 1.70. The van der Waals surface area contributed by atoms with Gasteiger partial charge in [0.1, 0.15) is 0 Å². The molecule has 3 rings (SSSR count). The lowest BCUT2D eigenvalue weighted by Crippen LogP contribution is -2.46. The van der Waals surface area contributed by atoms with E-state index in [0.717, 1.165) is 0 Å². The summed E-state index contributed by atoms with van der Waals surface area (Å²) in [5, 5.41) is 5.39. The van der Waals surface area contributed by atoms with Crippen molar-refractivity contribution in [2.24, 2.45) is 0 Å². The third-order valence-corrected chi connectivity index (χ3v) is 3.86. The minimum Gasteiger partial charge on any atom is -0.462 e. The number of esters is 1. The topological polar surface area (TPSA) is 92.1 Å². The molecule has 1 saturated heterocycles. The smallest absolute Gasteiger partial charge is 0.340 e. The van der Waals surface area contributed by atoms with Crippen molar-refractivity contribution >= 4 is 23.6 Å². The van der Waals surface area contributed by atoms with Crippen LogP contribution in [0.15, 0.2) is 47.1 Å². The molecule has 1 N–H and O–H groups in total. The first-order chi connectivity index (χ1) is 12.6. The second kappa shape index (κ2) is 7.73. The number of hydrogen-bond acceptors (Lipinski definition) is 5. The van der Waals surface area contributed by atoms with Crippen LogP contribution in [0.25, 0.3) is 0 Å². The van der Waals surface area contributed by atoms with Crippen LogP contribution in [0.2, 0.25) is 0 Å². The van der Waals surface area contributed by atoms with Crippen LogP contribution in [-0.4, -0.2) is 47.6 Å². The van der Waals surface area contributed by atoms with Crippen molar-refractivity contribution in [1.29, 1.82) is 0 Å². The van der Waals surface area contributed by atoms with E-state index < -0.39 is 12.0 Å². The number of hydrazine groups is 1. The quantitative estimate of drug-likeness (QED) is 0.850. The van der Waals surface area contributed by atoms with Gasteiger partial charge in [0.25, 0.3) is 0 Å². The lowest BCUT2D eigenvalue weighted by molar-refractivity contribution is 0.0374. The van der Waals surface area contributed by atoms with Crippen molar-refractivity contribution in [3.8, 4) is 0 Å². The fourth-order valence-electron chi connectivity index (χ4n) is 2.69. The summed E-state index contributed by atoms with van der Waals surface area (Å²) in [7, 11) is 0. The van der Waals surface area contributed by atoms with E-state index in [0.29, 0.717) is 30.8 Å². The average molecular weight is 357 g/mol. The number of carbonyl (C=O) groups excluding carboxylic acids is 3. The number of benzene rings is 1. The zero-order valence-corrected chi connectivity index (χ0v) is 14.3. The highest BCUT2D eigenvalue weighted by atomic mass is 16.5. The molecule has 136 valence electrons. The van der Waals surface area contributed by atoms with Crippen LogP contribution in [0.4, 0.5) is 10.5 Å². The molecule has 0 bridgehead atoms. The molecule has 8 heteroatoms. The molecule has 1 aliphatic rings.